The fourth-order valence-electron chi connectivity index (χ4n) is 1.49. The van der Waals surface area contributed by atoms with Crippen molar-refractivity contribution in [1.29, 1.82) is 0 Å². The molecule has 2 rings (SSSR count). The molecule has 2 aromatic rings. The van der Waals surface area contributed by atoms with Crippen LogP contribution in [0.15, 0.2) is 24.3 Å². The molecular formula is C10H11N3O. The molecule has 1 amide bonds. The molecule has 0 radical (unpaired) electrons. The lowest BCUT2D eigenvalue weighted by atomic mass is 10.3. The Kier molecular flexibility index (Phi) is 2.18. The summed E-state index contributed by atoms with van der Waals surface area (Å²) in [4.78, 5) is 14.5. The number of nitrogens with one attached hydrogen (secondary N) is 1. The predicted octanol–water partition coefficient (Wildman–Crippen LogP) is 0.819. The van der Waals surface area contributed by atoms with E-state index in [0.29, 0.717) is 13.0 Å². The molecule has 1 heterocycles. The average molecular weight is 189 g/mol. The Labute approximate surface area is 81.6 Å². The number of hydrogen-bond donors (Lipinski definition) is 1. The molecule has 72 valence electrons. The molecule has 0 aliphatic carbocycles. The van der Waals surface area contributed by atoms with Crippen molar-refractivity contribution in [3.8, 4) is 0 Å². The Bertz CT molecular complexity index is 461. The van der Waals surface area contributed by atoms with Gasteiger partial charge in [-0.15, -0.1) is 0 Å². The summed E-state index contributed by atoms with van der Waals surface area (Å²) in [5.74, 6) is 0.860. The second-order valence-corrected chi connectivity index (χ2v) is 3.07. The number of nitrogens with zero attached hydrogens (tertiary/aromatic N) is 2. The van der Waals surface area contributed by atoms with E-state index in [1.54, 1.807) is 0 Å². The lowest BCUT2D eigenvalue weighted by Gasteiger charge is -1.99. The fraction of sp³-hybridized carbons (Fsp3) is 0.200. The molecular weight excluding hydrogens is 178 g/mol. The van der Waals surface area contributed by atoms with Crippen molar-refractivity contribution >= 4 is 17.4 Å². The van der Waals surface area contributed by atoms with E-state index in [9.17, 15) is 4.79 Å². The zero-order valence-electron chi connectivity index (χ0n) is 7.90. The molecule has 0 aliphatic rings. The van der Waals surface area contributed by atoms with Crippen LogP contribution in [-0.2, 0) is 18.4 Å². The monoisotopic (exact) mass is 189 g/mol. The van der Waals surface area contributed by atoms with Crippen LogP contribution in [0.1, 0.15) is 5.82 Å². The van der Waals surface area contributed by atoms with Crippen molar-refractivity contribution in [3.63, 3.8) is 0 Å². The van der Waals surface area contributed by atoms with Crippen molar-refractivity contribution in [2.75, 3.05) is 0 Å². The molecule has 1 aromatic carbocycles. The first-order valence-electron chi connectivity index (χ1n) is 4.40. The first-order valence-corrected chi connectivity index (χ1v) is 4.40. The molecule has 0 bridgehead atoms. The van der Waals surface area contributed by atoms with Gasteiger partial charge in [-0.3, -0.25) is 4.79 Å². The predicted molar refractivity (Wildman–Crippen MR) is 53.6 cm³/mol. The highest BCUT2D eigenvalue weighted by Crippen LogP contribution is 2.13. The maximum Gasteiger partial charge on any atom is 0.207 e. The fourth-order valence-corrected chi connectivity index (χ4v) is 1.49. The van der Waals surface area contributed by atoms with Crippen LogP contribution in [0.25, 0.3) is 11.0 Å². The molecule has 0 spiro atoms. The first-order chi connectivity index (χ1) is 6.83. The minimum atomic E-state index is 0.467. The van der Waals surface area contributed by atoms with Gasteiger partial charge in [0.05, 0.1) is 17.6 Å². The zero-order chi connectivity index (χ0) is 9.97. The molecule has 1 N–H and O–H groups in total. The zero-order valence-corrected chi connectivity index (χ0v) is 7.90. The number of para-hydroxylation sites is 2. The SMILES string of the molecule is Cn1c(CNC=O)nc2ccccc21. The second-order valence-electron chi connectivity index (χ2n) is 3.07. The Balaban J connectivity index is 2.46. The van der Waals surface area contributed by atoms with Gasteiger partial charge in [-0.05, 0) is 12.1 Å². The third kappa shape index (κ3) is 1.35. The summed E-state index contributed by atoms with van der Waals surface area (Å²) < 4.78 is 1.98. The Morgan fingerprint density at radius 2 is 2.29 bits per heavy atom. The van der Waals surface area contributed by atoms with Crippen LogP contribution >= 0.6 is 0 Å². The second kappa shape index (κ2) is 3.49. The van der Waals surface area contributed by atoms with Gasteiger partial charge < -0.3 is 9.88 Å². The van der Waals surface area contributed by atoms with Crippen LogP contribution in [0.2, 0.25) is 0 Å². The van der Waals surface area contributed by atoms with Gasteiger partial charge >= 0.3 is 0 Å². The maximum absolute atomic E-state index is 10.2. The van der Waals surface area contributed by atoms with Crippen LogP contribution < -0.4 is 5.32 Å². The summed E-state index contributed by atoms with van der Waals surface area (Å²) in [5.41, 5.74) is 2.04. The van der Waals surface area contributed by atoms with Gasteiger partial charge in [-0.25, -0.2) is 4.98 Å². The van der Waals surface area contributed by atoms with Gasteiger partial charge in [0.2, 0.25) is 6.41 Å². The van der Waals surface area contributed by atoms with Crippen LogP contribution in [0, 0.1) is 0 Å². The normalized spacial score (nSPS) is 10.4. The van der Waals surface area contributed by atoms with E-state index in [1.807, 2.05) is 35.9 Å². The van der Waals surface area contributed by atoms with Crippen molar-refractivity contribution in [2.45, 2.75) is 6.54 Å². The van der Waals surface area contributed by atoms with Gasteiger partial charge in [-0.1, -0.05) is 12.1 Å². The van der Waals surface area contributed by atoms with Crippen molar-refractivity contribution in [1.82, 2.24) is 14.9 Å². The van der Waals surface area contributed by atoms with Gasteiger partial charge in [0, 0.05) is 7.05 Å². The number of carbonyl (C=O) groups is 1. The number of aryl methyl sites for hydroxylation is 1. The van der Waals surface area contributed by atoms with Crippen molar-refractivity contribution < 1.29 is 4.79 Å². The third-order valence-corrected chi connectivity index (χ3v) is 2.22. The van der Waals surface area contributed by atoms with Gasteiger partial charge in [0.1, 0.15) is 5.82 Å². The van der Waals surface area contributed by atoms with Crippen LogP contribution in [0.3, 0.4) is 0 Å². The number of aromatic nitrogens is 2. The summed E-state index contributed by atoms with van der Waals surface area (Å²) in [5, 5.41) is 2.60. The van der Waals surface area contributed by atoms with Crippen molar-refractivity contribution in [3.05, 3.63) is 30.1 Å². The number of carbonyl (C=O) groups excluding carboxylic acids is 1. The van der Waals surface area contributed by atoms with E-state index >= 15 is 0 Å². The van der Waals surface area contributed by atoms with Crippen LogP contribution in [0.4, 0.5) is 0 Å². The number of rotatable bonds is 3. The van der Waals surface area contributed by atoms with E-state index in [2.05, 4.69) is 10.3 Å². The van der Waals surface area contributed by atoms with E-state index in [0.717, 1.165) is 16.9 Å². The summed E-state index contributed by atoms with van der Waals surface area (Å²) in [6.45, 7) is 0.467. The molecule has 0 atom stereocenters. The van der Waals surface area contributed by atoms with E-state index in [4.69, 9.17) is 0 Å². The highest BCUT2D eigenvalue weighted by atomic mass is 16.1. The molecule has 0 fully saturated rings. The molecule has 0 saturated carbocycles. The van der Waals surface area contributed by atoms with Crippen LogP contribution in [-0.4, -0.2) is 16.0 Å². The highest BCUT2D eigenvalue weighted by Gasteiger charge is 2.05. The summed E-state index contributed by atoms with van der Waals surface area (Å²) in [6.07, 6.45) is 0.680. The van der Waals surface area contributed by atoms with Gasteiger partial charge in [-0.2, -0.15) is 0 Å². The van der Waals surface area contributed by atoms with Crippen molar-refractivity contribution in [2.24, 2.45) is 7.05 Å². The molecule has 0 unspecified atom stereocenters. The standard InChI is InChI=1S/C10H11N3O/c1-13-9-5-3-2-4-8(9)12-10(13)6-11-7-14/h2-5,7H,6H2,1H3,(H,11,14). The maximum atomic E-state index is 10.2. The number of imidazole rings is 1. The Morgan fingerprint density at radius 1 is 1.50 bits per heavy atom. The smallest absolute Gasteiger partial charge is 0.207 e. The molecule has 1 aromatic heterocycles. The minimum Gasteiger partial charge on any atom is -0.351 e. The molecule has 4 nitrogen and oxygen atoms in total. The molecule has 4 heteroatoms. The van der Waals surface area contributed by atoms with E-state index in [1.165, 1.54) is 0 Å². The molecule has 0 saturated heterocycles. The number of benzene rings is 1. The number of hydrogen-bond acceptors (Lipinski definition) is 2. The minimum absolute atomic E-state index is 0.467. The Morgan fingerprint density at radius 3 is 3.00 bits per heavy atom. The number of fused-ring (bicyclic) bond motifs is 1. The quantitative estimate of drug-likeness (QED) is 0.726. The Hall–Kier alpha value is -1.84. The third-order valence-electron chi connectivity index (χ3n) is 2.22. The van der Waals surface area contributed by atoms with Gasteiger partial charge in [0.25, 0.3) is 0 Å². The van der Waals surface area contributed by atoms with E-state index in [-0.39, 0.29) is 0 Å². The largest absolute Gasteiger partial charge is 0.351 e. The lowest BCUT2D eigenvalue weighted by Crippen LogP contribution is -2.13. The first kappa shape index (κ1) is 8.74. The topological polar surface area (TPSA) is 46.9 Å². The van der Waals surface area contributed by atoms with Gasteiger partial charge in [0.15, 0.2) is 0 Å². The summed E-state index contributed by atoms with van der Waals surface area (Å²) >= 11 is 0. The molecule has 0 aliphatic heterocycles. The molecule has 14 heavy (non-hydrogen) atoms. The summed E-state index contributed by atoms with van der Waals surface area (Å²) in [6, 6.07) is 7.89. The summed E-state index contributed by atoms with van der Waals surface area (Å²) in [7, 11) is 1.94. The highest BCUT2D eigenvalue weighted by molar-refractivity contribution is 5.75. The van der Waals surface area contributed by atoms with E-state index < -0.39 is 0 Å². The van der Waals surface area contributed by atoms with Crippen LogP contribution in [0.5, 0.6) is 0 Å². The lowest BCUT2D eigenvalue weighted by molar-refractivity contribution is -0.109. The average Bonchev–Trinajstić information content (AvgIpc) is 2.54. The number of amides is 1.